The van der Waals surface area contributed by atoms with E-state index in [9.17, 15) is 4.79 Å². The maximum Gasteiger partial charge on any atom is 0.226 e. The Kier molecular flexibility index (Phi) is 3.09. The lowest BCUT2D eigenvalue weighted by atomic mass is 9.91. The molecule has 19 heavy (non-hydrogen) atoms. The largest absolute Gasteiger partial charge is 0.338 e. The van der Waals surface area contributed by atoms with Crippen molar-refractivity contribution in [2.24, 2.45) is 18.4 Å². The number of carbonyl (C=O) groups excluding carboxylic acids is 1. The molecule has 2 aliphatic rings. The molecule has 1 aliphatic carbocycles. The third-order valence-electron chi connectivity index (χ3n) is 4.76. The van der Waals surface area contributed by atoms with Gasteiger partial charge in [0.2, 0.25) is 5.91 Å². The van der Waals surface area contributed by atoms with Gasteiger partial charge in [-0.05, 0) is 37.8 Å². The summed E-state index contributed by atoms with van der Waals surface area (Å²) in [7, 11) is 3.86. The number of rotatable bonds is 3. The van der Waals surface area contributed by atoms with E-state index < -0.39 is 0 Å². The Labute approximate surface area is 114 Å². The molecule has 0 bridgehead atoms. The van der Waals surface area contributed by atoms with Crippen LogP contribution in [0, 0.1) is 11.3 Å². The average Bonchev–Trinajstić information content (AvgIpc) is 2.94. The lowest BCUT2D eigenvalue weighted by Gasteiger charge is -2.25. The van der Waals surface area contributed by atoms with Gasteiger partial charge in [-0.1, -0.05) is 0 Å². The molecule has 1 spiro atoms. The molecule has 2 fully saturated rings. The quantitative estimate of drug-likeness (QED) is 0.875. The maximum absolute atomic E-state index is 12.5. The fourth-order valence-corrected chi connectivity index (χ4v) is 3.28. The predicted octanol–water partition coefficient (Wildman–Crippen LogP) is 0.768. The van der Waals surface area contributed by atoms with E-state index in [1.807, 2.05) is 29.8 Å². The van der Waals surface area contributed by atoms with E-state index in [2.05, 4.69) is 10.3 Å². The van der Waals surface area contributed by atoms with Crippen LogP contribution in [0.3, 0.4) is 0 Å². The molecule has 5 nitrogen and oxygen atoms in total. The number of carbonyl (C=O) groups is 1. The third-order valence-corrected chi connectivity index (χ3v) is 4.76. The zero-order valence-corrected chi connectivity index (χ0v) is 11.7. The van der Waals surface area contributed by atoms with Crippen molar-refractivity contribution in [3.8, 4) is 0 Å². The molecule has 0 aromatic carbocycles. The molecule has 3 rings (SSSR count). The molecule has 1 atom stereocenters. The van der Waals surface area contributed by atoms with Gasteiger partial charge in [0.1, 0.15) is 5.82 Å². The first-order chi connectivity index (χ1) is 9.12. The van der Waals surface area contributed by atoms with Crippen LogP contribution in [0.25, 0.3) is 0 Å². The van der Waals surface area contributed by atoms with Crippen LogP contribution >= 0.6 is 0 Å². The van der Waals surface area contributed by atoms with Crippen molar-refractivity contribution >= 4 is 5.91 Å². The Hall–Kier alpha value is -1.36. The average molecular weight is 262 g/mol. The van der Waals surface area contributed by atoms with Crippen LogP contribution in [0.1, 0.15) is 25.1 Å². The van der Waals surface area contributed by atoms with Crippen LogP contribution in [0.5, 0.6) is 0 Å². The molecular weight excluding hydrogens is 240 g/mol. The number of nitrogens with one attached hydrogen (secondary N) is 1. The first-order valence-electron chi connectivity index (χ1n) is 7.04. The smallest absolute Gasteiger partial charge is 0.226 e. The molecule has 5 heteroatoms. The van der Waals surface area contributed by atoms with E-state index in [1.54, 1.807) is 6.20 Å². The summed E-state index contributed by atoms with van der Waals surface area (Å²) < 4.78 is 1.97. The van der Waals surface area contributed by atoms with Crippen molar-refractivity contribution in [3.63, 3.8) is 0 Å². The Bertz CT molecular complexity index is 476. The summed E-state index contributed by atoms with van der Waals surface area (Å²) in [5.41, 5.74) is 0.318. The van der Waals surface area contributed by atoms with E-state index in [4.69, 9.17) is 0 Å². The van der Waals surface area contributed by atoms with Crippen molar-refractivity contribution < 1.29 is 4.79 Å². The molecule has 1 aliphatic heterocycles. The molecule has 1 unspecified atom stereocenters. The molecule has 1 N–H and O–H groups in total. The molecule has 1 saturated heterocycles. The summed E-state index contributed by atoms with van der Waals surface area (Å²) in [6, 6.07) is 0. The van der Waals surface area contributed by atoms with Gasteiger partial charge in [-0.3, -0.25) is 4.79 Å². The van der Waals surface area contributed by atoms with E-state index in [0.717, 1.165) is 38.2 Å². The second kappa shape index (κ2) is 4.63. The minimum absolute atomic E-state index is 0.250. The van der Waals surface area contributed by atoms with Crippen LogP contribution in [0.15, 0.2) is 12.4 Å². The second-order valence-corrected chi connectivity index (χ2v) is 6.02. The number of aryl methyl sites for hydroxylation is 1. The standard InChI is InChI=1S/C14H22N4O/c1-17-8-7-16-12(17)10-18(2)13(19)11-9-14(11)3-5-15-6-4-14/h7-8,11,15H,3-6,9-10H2,1-2H3. The van der Waals surface area contributed by atoms with Gasteiger partial charge in [0.25, 0.3) is 0 Å². The highest BCUT2D eigenvalue weighted by Gasteiger charge is 2.58. The molecule has 1 aromatic rings. The van der Waals surface area contributed by atoms with Crippen LogP contribution in [-0.4, -0.2) is 40.5 Å². The van der Waals surface area contributed by atoms with Gasteiger partial charge in [-0.15, -0.1) is 0 Å². The van der Waals surface area contributed by atoms with Gasteiger partial charge in [0, 0.05) is 32.4 Å². The van der Waals surface area contributed by atoms with Gasteiger partial charge in [0.05, 0.1) is 6.54 Å². The monoisotopic (exact) mass is 262 g/mol. The number of imidazole rings is 1. The van der Waals surface area contributed by atoms with Gasteiger partial charge in [-0.2, -0.15) is 0 Å². The third kappa shape index (κ3) is 2.27. The highest BCUT2D eigenvalue weighted by atomic mass is 16.2. The minimum atomic E-state index is 0.250. The number of piperidine rings is 1. The lowest BCUT2D eigenvalue weighted by molar-refractivity contribution is -0.133. The summed E-state index contributed by atoms with van der Waals surface area (Å²) in [6.07, 6.45) is 7.08. The number of nitrogens with zero attached hydrogens (tertiary/aromatic N) is 3. The van der Waals surface area contributed by atoms with Gasteiger partial charge in [0.15, 0.2) is 0 Å². The summed E-state index contributed by atoms with van der Waals surface area (Å²) in [6.45, 7) is 2.73. The van der Waals surface area contributed by atoms with Crippen LogP contribution in [0.2, 0.25) is 0 Å². The van der Waals surface area contributed by atoms with Crippen molar-refractivity contribution in [1.82, 2.24) is 19.8 Å². The number of hydrogen-bond acceptors (Lipinski definition) is 3. The van der Waals surface area contributed by atoms with E-state index >= 15 is 0 Å². The Morgan fingerprint density at radius 2 is 2.32 bits per heavy atom. The zero-order valence-electron chi connectivity index (χ0n) is 11.7. The Morgan fingerprint density at radius 3 is 2.95 bits per heavy atom. The molecule has 1 aromatic heterocycles. The van der Waals surface area contributed by atoms with Crippen LogP contribution in [-0.2, 0) is 18.4 Å². The molecule has 0 radical (unpaired) electrons. The SMILES string of the molecule is CN(Cc1nccn1C)C(=O)C1CC12CCNCC2. The van der Waals surface area contributed by atoms with Gasteiger partial charge < -0.3 is 14.8 Å². The minimum Gasteiger partial charge on any atom is -0.338 e. The first-order valence-corrected chi connectivity index (χ1v) is 7.04. The maximum atomic E-state index is 12.5. The highest BCUT2D eigenvalue weighted by molar-refractivity contribution is 5.82. The first kappa shape index (κ1) is 12.7. The molecular formula is C14H22N4O. The van der Waals surface area contributed by atoms with Crippen LogP contribution < -0.4 is 5.32 Å². The topological polar surface area (TPSA) is 50.2 Å². The van der Waals surface area contributed by atoms with Crippen molar-refractivity contribution in [1.29, 1.82) is 0 Å². The van der Waals surface area contributed by atoms with E-state index in [-0.39, 0.29) is 5.92 Å². The highest BCUT2D eigenvalue weighted by Crippen LogP contribution is 2.59. The van der Waals surface area contributed by atoms with E-state index in [0.29, 0.717) is 17.9 Å². The zero-order chi connectivity index (χ0) is 13.5. The molecule has 1 amide bonds. The normalized spacial score (nSPS) is 24.4. The fourth-order valence-electron chi connectivity index (χ4n) is 3.28. The molecule has 2 heterocycles. The van der Waals surface area contributed by atoms with E-state index in [1.165, 1.54) is 0 Å². The van der Waals surface area contributed by atoms with Crippen molar-refractivity contribution in [2.75, 3.05) is 20.1 Å². The molecule has 104 valence electrons. The Morgan fingerprint density at radius 1 is 1.58 bits per heavy atom. The lowest BCUT2D eigenvalue weighted by Crippen LogP contribution is -2.34. The Balaban J connectivity index is 1.60. The van der Waals surface area contributed by atoms with Crippen molar-refractivity contribution in [2.45, 2.75) is 25.8 Å². The molecule has 1 saturated carbocycles. The summed E-state index contributed by atoms with van der Waals surface area (Å²) >= 11 is 0. The van der Waals surface area contributed by atoms with Gasteiger partial charge >= 0.3 is 0 Å². The fraction of sp³-hybridized carbons (Fsp3) is 0.714. The number of amides is 1. The summed E-state index contributed by atoms with van der Waals surface area (Å²) in [5, 5.41) is 3.37. The number of aromatic nitrogens is 2. The van der Waals surface area contributed by atoms with Crippen molar-refractivity contribution in [3.05, 3.63) is 18.2 Å². The second-order valence-electron chi connectivity index (χ2n) is 6.02. The summed E-state index contributed by atoms with van der Waals surface area (Å²) in [5.74, 6) is 1.49. The number of hydrogen-bond donors (Lipinski definition) is 1. The summed E-state index contributed by atoms with van der Waals surface area (Å²) in [4.78, 5) is 18.6. The predicted molar refractivity (Wildman–Crippen MR) is 72.3 cm³/mol. The van der Waals surface area contributed by atoms with Crippen LogP contribution in [0.4, 0.5) is 0 Å². The van der Waals surface area contributed by atoms with Gasteiger partial charge in [-0.25, -0.2) is 4.98 Å².